The van der Waals surface area contributed by atoms with Gasteiger partial charge in [0.15, 0.2) is 23.2 Å². The van der Waals surface area contributed by atoms with Gasteiger partial charge in [0.1, 0.15) is 24.6 Å². The maximum Gasteiger partial charge on any atom is 0.226 e. The Bertz CT molecular complexity index is 1020. The van der Waals surface area contributed by atoms with Crippen LogP contribution in [0.25, 0.3) is 11.2 Å². The van der Waals surface area contributed by atoms with Gasteiger partial charge in [0.05, 0.1) is 12.0 Å². The Morgan fingerprint density at radius 2 is 1.97 bits per heavy atom. The topological polar surface area (TPSA) is 131 Å². The Balaban J connectivity index is 1.70. The lowest BCUT2D eigenvalue weighted by Crippen LogP contribution is -2.29. The Morgan fingerprint density at radius 1 is 1.20 bits per heavy atom. The number of ether oxygens (including phenoxy) is 1. The van der Waals surface area contributed by atoms with Crippen molar-refractivity contribution in [3.63, 3.8) is 0 Å². The van der Waals surface area contributed by atoms with Crippen molar-refractivity contribution in [1.82, 2.24) is 24.7 Å². The minimum atomic E-state index is -1.21. The number of rotatable bonds is 7. The fourth-order valence-corrected chi connectivity index (χ4v) is 3.94. The number of hydrogen-bond donors (Lipinski definition) is 3. The van der Waals surface area contributed by atoms with Crippen LogP contribution in [-0.4, -0.2) is 53.1 Å². The van der Waals surface area contributed by atoms with Gasteiger partial charge in [-0.15, -0.1) is 0 Å². The van der Waals surface area contributed by atoms with Gasteiger partial charge in [-0.25, -0.2) is 4.98 Å². The van der Waals surface area contributed by atoms with Crippen molar-refractivity contribution in [3.05, 3.63) is 29.1 Å². The lowest BCUT2D eigenvalue weighted by atomic mass is 10.0. The molecule has 1 fully saturated rings. The number of halogens is 1. The number of fused-ring (bicyclic) bond motifs is 1. The van der Waals surface area contributed by atoms with Crippen molar-refractivity contribution in [2.24, 2.45) is 0 Å². The molecule has 0 radical (unpaired) electrons. The Morgan fingerprint density at radius 3 is 2.67 bits per heavy atom. The van der Waals surface area contributed by atoms with Gasteiger partial charge in [0.25, 0.3) is 0 Å². The summed E-state index contributed by atoms with van der Waals surface area (Å²) in [7, 11) is 0. The second kappa shape index (κ2) is 8.46. The van der Waals surface area contributed by atoms with E-state index in [0.29, 0.717) is 34.7 Å². The minimum absolute atomic E-state index is 0.0506. The molecule has 0 spiro atoms. The predicted octanol–water partition coefficient (Wildman–Crippen LogP) is 2.62. The molecule has 3 aromatic heterocycles. The molecular formula is C19H25ClN6O4. The van der Waals surface area contributed by atoms with E-state index < -0.39 is 24.5 Å². The average Bonchev–Trinajstić information content (AvgIpc) is 3.44. The molecule has 0 unspecified atom stereocenters. The number of nitrogens with one attached hydrogen (secondary N) is 1. The predicted molar refractivity (Wildman–Crippen MR) is 109 cm³/mol. The molecule has 4 heterocycles. The van der Waals surface area contributed by atoms with Crippen molar-refractivity contribution in [1.29, 1.82) is 0 Å². The summed E-state index contributed by atoms with van der Waals surface area (Å²) in [6, 6.07) is 0.213. The first-order valence-corrected chi connectivity index (χ1v) is 10.5. The molecule has 10 nitrogen and oxygen atoms in total. The summed E-state index contributed by atoms with van der Waals surface area (Å²) >= 11 is 6.17. The van der Waals surface area contributed by atoms with Crippen LogP contribution in [0.5, 0.6) is 0 Å². The molecule has 1 aliphatic rings. The summed E-state index contributed by atoms with van der Waals surface area (Å²) in [5.41, 5.74) is 2.20. The van der Waals surface area contributed by atoms with Crippen molar-refractivity contribution in [2.75, 3.05) is 5.32 Å². The van der Waals surface area contributed by atoms with Crippen molar-refractivity contribution in [3.8, 4) is 0 Å². The van der Waals surface area contributed by atoms with Crippen LogP contribution in [-0.2, 0) is 11.2 Å². The monoisotopic (exact) mass is 436 g/mol. The smallest absolute Gasteiger partial charge is 0.226 e. The molecule has 0 amide bonds. The summed E-state index contributed by atoms with van der Waals surface area (Å²) in [5.74, 6) is 0.523. The summed E-state index contributed by atoms with van der Waals surface area (Å²) in [6.07, 6.45) is 1.29. The lowest BCUT2D eigenvalue weighted by Gasteiger charge is -2.18. The summed E-state index contributed by atoms with van der Waals surface area (Å²) < 4.78 is 12.6. The number of nitrogens with zero attached hydrogens (tertiary/aromatic N) is 5. The van der Waals surface area contributed by atoms with Gasteiger partial charge in [-0.2, -0.15) is 9.97 Å². The van der Waals surface area contributed by atoms with Crippen molar-refractivity contribution >= 4 is 28.6 Å². The lowest BCUT2D eigenvalue weighted by molar-refractivity contribution is -0.0361. The number of imidazole rings is 1. The highest BCUT2D eigenvalue weighted by Crippen LogP contribution is 2.41. The SMILES string of the molecule is CCc1nocc1[C@@H]1O[C@@H](n2cnc3c(NC(CC)CC)nc(Cl)nc32)[C@H](O)[C@@H]1O. The minimum Gasteiger partial charge on any atom is -0.387 e. The van der Waals surface area contributed by atoms with E-state index in [-0.39, 0.29) is 11.3 Å². The normalized spacial score (nSPS) is 24.2. The highest BCUT2D eigenvalue weighted by Gasteiger charge is 2.46. The number of aliphatic hydroxyl groups is 2. The highest BCUT2D eigenvalue weighted by atomic mass is 35.5. The number of aryl methyl sites for hydroxylation is 1. The van der Waals surface area contributed by atoms with E-state index in [1.165, 1.54) is 12.6 Å². The van der Waals surface area contributed by atoms with Crippen LogP contribution in [0.3, 0.4) is 0 Å². The van der Waals surface area contributed by atoms with E-state index in [4.69, 9.17) is 20.9 Å². The molecule has 4 atom stereocenters. The van der Waals surface area contributed by atoms with Crippen LogP contribution in [0.15, 0.2) is 17.1 Å². The van der Waals surface area contributed by atoms with Crippen molar-refractivity contribution < 1.29 is 19.5 Å². The zero-order valence-electron chi connectivity index (χ0n) is 17.0. The van der Waals surface area contributed by atoms with Crippen LogP contribution in [0, 0.1) is 0 Å². The molecule has 0 aromatic carbocycles. The van der Waals surface area contributed by atoms with Gasteiger partial charge in [0, 0.05) is 11.6 Å². The maximum atomic E-state index is 10.7. The second-order valence-corrected chi connectivity index (χ2v) is 7.66. The first kappa shape index (κ1) is 21.0. The first-order chi connectivity index (χ1) is 14.5. The molecular weight excluding hydrogens is 412 g/mol. The molecule has 30 heavy (non-hydrogen) atoms. The molecule has 0 aliphatic carbocycles. The van der Waals surface area contributed by atoms with E-state index in [2.05, 4.69) is 39.3 Å². The van der Waals surface area contributed by atoms with E-state index in [9.17, 15) is 10.2 Å². The molecule has 1 saturated heterocycles. The largest absolute Gasteiger partial charge is 0.387 e. The number of aliphatic hydroxyl groups excluding tert-OH is 2. The zero-order chi connectivity index (χ0) is 21.4. The van der Waals surface area contributed by atoms with Crippen LogP contribution in [0.4, 0.5) is 5.82 Å². The van der Waals surface area contributed by atoms with Gasteiger partial charge in [-0.3, -0.25) is 4.57 Å². The van der Waals surface area contributed by atoms with Crippen molar-refractivity contribution in [2.45, 2.75) is 70.6 Å². The fourth-order valence-electron chi connectivity index (χ4n) is 3.78. The van der Waals surface area contributed by atoms with Gasteiger partial charge in [-0.1, -0.05) is 25.9 Å². The Labute approximate surface area is 178 Å². The van der Waals surface area contributed by atoms with E-state index >= 15 is 0 Å². The molecule has 1 aliphatic heterocycles. The molecule has 4 rings (SSSR count). The van der Waals surface area contributed by atoms with Crippen LogP contribution < -0.4 is 5.32 Å². The fraction of sp³-hybridized carbons (Fsp3) is 0.579. The number of aromatic nitrogens is 5. The molecule has 11 heteroatoms. The van der Waals surface area contributed by atoms with E-state index in [1.54, 1.807) is 4.57 Å². The van der Waals surface area contributed by atoms with Crippen LogP contribution in [0.1, 0.15) is 57.2 Å². The molecule has 0 bridgehead atoms. The Kier molecular flexibility index (Phi) is 5.92. The van der Waals surface area contributed by atoms with Gasteiger partial charge < -0.3 is 24.8 Å². The number of hydrogen-bond acceptors (Lipinski definition) is 9. The van der Waals surface area contributed by atoms with Gasteiger partial charge in [-0.05, 0) is 30.9 Å². The third-order valence-corrected chi connectivity index (χ3v) is 5.72. The summed E-state index contributed by atoms with van der Waals surface area (Å²) in [6.45, 7) is 6.09. The second-order valence-electron chi connectivity index (χ2n) is 7.32. The highest BCUT2D eigenvalue weighted by molar-refractivity contribution is 6.28. The Hall–Kier alpha value is -2.27. The van der Waals surface area contributed by atoms with E-state index in [1.807, 2.05) is 6.92 Å². The molecule has 162 valence electrons. The van der Waals surface area contributed by atoms with Gasteiger partial charge >= 0.3 is 0 Å². The van der Waals surface area contributed by atoms with E-state index in [0.717, 1.165) is 12.8 Å². The standard InChI is InChI=1S/C19H25ClN6O4/c1-4-9(5-2)22-16-12-17(24-19(20)23-16)26(8-21-12)18-14(28)13(27)15(30-18)10-7-29-25-11(10)6-3/h7-9,13-15,18,27-28H,4-6H2,1-3H3,(H,22,23,24)/t13-,14+,15-,18+/m0/s1. The number of anilines is 1. The third kappa shape index (κ3) is 3.53. The molecule has 0 saturated carbocycles. The third-order valence-electron chi connectivity index (χ3n) is 5.55. The maximum absolute atomic E-state index is 10.7. The van der Waals surface area contributed by atoms with Crippen LogP contribution in [0.2, 0.25) is 5.28 Å². The average molecular weight is 437 g/mol. The summed E-state index contributed by atoms with van der Waals surface area (Å²) in [4.78, 5) is 13.0. The quantitative estimate of drug-likeness (QED) is 0.478. The first-order valence-electron chi connectivity index (χ1n) is 10.1. The van der Waals surface area contributed by atoms with Gasteiger partial charge in [0.2, 0.25) is 5.28 Å². The summed E-state index contributed by atoms with van der Waals surface area (Å²) in [5, 5.41) is 28.7. The molecule has 3 N–H and O–H groups in total. The zero-order valence-corrected chi connectivity index (χ0v) is 17.7. The van der Waals surface area contributed by atoms with Crippen LogP contribution >= 0.6 is 11.6 Å². The molecule has 3 aromatic rings.